The normalized spacial score (nSPS) is 10.4. The van der Waals surface area contributed by atoms with Crippen molar-refractivity contribution < 1.29 is 4.79 Å². The molecule has 0 fully saturated rings. The lowest BCUT2D eigenvalue weighted by atomic mass is 10.2. The number of rotatable bonds is 3. The molecule has 0 saturated heterocycles. The zero-order valence-corrected chi connectivity index (χ0v) is 9.21. The van der Waals surface area contributed by atoms with Crippen LogP contribution in [0.15, 0.2) is 24.7 Å². The second-order valence-electron chi connectivity index (χ2n) is 3.45. The highest BCUT2D eigenvalue weighted by atomic mass is 16.1. The smallest absolute Gasteiger partial charge is 0.248 e. The monoisotopic (exact) mass is 216 g/mol. The van der Waals surface area contributed by atoms with Crippen LogP contribution in [0.1, 0.15) is 28.8 Å². The molecule has 0 aliphatic rings. The van der Waals surface area contributed by atoms with Gasteiger partial charge in [0.2, 0.25) is 11.6 Å². The Morgan fingerprint density at radius 3 is 2.69 bits per heavy atom. The maximum atomic E-state index is 12.0. The van der Waals surface area contributed by atoms with Gasteiger partial charge in [-0.05, 0) is 25.5 Å². The van der Waals surface area contributed by atoms with Gasteiger partial charge in [-0.3, -0.25) is 9.48 Å². The molecule has 82 valence electrons. The number of ketones is 1. The van der Waals surface area contributed by atoms with Crippen molar-refractivity contribution in [2.75, 3.05) is 0 Å². The van der Waals surface area contributed by atoms with Crippen LogP contribution >= 0.6 is 0 Å². The number of aromatic nitrogens is 4. The lowest BCUT2D eigenvalue weighted by Crippen LogP contribution is -2.13. The van der Waals surface area contributed by atoms with E-state index in [1.165, 1.54) is 0 Å². The molecule has 0 bridgehead atoms. The predicted octanol–water partition coefficient (Wildman–Crippen LogP) is 1.23. The summed E-state index contributed by atoms with van der Waals surface area (Å²) < 4.78 is 1.63. The highest BCUT2D eigenvalue weighted by Gasteiger charge is 2.15. The first-order valence-electron chi connectivity index (χ1n) is 5.07. The zero-order valence-electron chi connectivity index (χ0n) is 9.21. The van der Waals surface area contributed by atoms with E-state index in [-0.39, 0.29) is 11.6 Å². The first-order chi connectivity index (χ1) is 7.72. The summed E-state index contributed by atoms with van der Waals surface area (Å²) in [5.74, 6) is 0.0140. The summed E-state index contributed by atoms with van der Waals surface area (Å²) in [5.41, 5.74) is 1.45. The van der Waals surface area contributed by atoms with Crippen LogP contribution in [0.3, 0.4) is 0 Å². The molecule has 0 aliphatic heterocycles. The van der Waals surface area contributed by atoms with Gasteiger partial charge >= 0.3 is 0 Å². The van der Waals surface area contributed by atoms with Crippen LogP contribution in [0, 0.1) is 6.92 Å². The third kappa shape index (κ3) is 1.84. The highest BCUT2D eigenvalue weighted by Crippen LogP contribution is 2.05. The van der Waals surface area contributed by atoms with E-state index in [9.17, 15) is 4.79 Å². The van der Waals surface area contributed by atoms with Crippen LogP contribution in [0.25, 0.3) is 0 Å². The van der Waals surface area contributed by atoms with Gasteiger partial charge < -0.3 is 0 Å². The Labute approximate surface area is 93.2 Å². The van der Waals surface area contributed by atoms with E-state index in [1.807, 2.05) is 13.8 Å². The highest BCUT2D eigenvalue weighted by molar-refractivity contribution is 6.05. The molecule has 0 N–H and O–H groups in total. The molecule has 2 aromatic heterocycles. The summed E-state index contributed by atoms with van der Waals surface area (Å²) >= 11 is 0. The fourth-order valence-corrected chi connectivity index (χ4v) is 1.40. The standard InChI is InChI=1S/C11H12N4O/c1-3-15-9(4-5-14-15)10(16)11-12-6-8(2)7-13-11/h4-7H,3H2,1-2H3. The summed E-state index contributed by atoms with van der Waals surface area (Å²) in [6.45, 7) is 4.46. The molecule has 16 heavy (non-hydrogen) atoms. The number of carbonyl (C=O) groups is 1. The molecule has 2 rings (SSSR count). The van der Waals surface area contributed by atoms with Gasteiger partial charge in [-0.15, -0.1) is 0 Å². The maximum Gasteiger partial charge on any atom is 0.248 e. The van der Waals surface area contributed by atoms with Gasteiger partial charge in [-0.2, -0.15) is 5.10 Å². The van der Waals surface area contributed by atoms with Crippen LogP contribution in [0.2, 0.25) is 0 Å². The fraction of sp³-hybridized carbons (Fsp3) is 0.273. The lowest BCUT2D eigenvalue weighted by molar-refractivity contribution is 0.101. The molecule has 0 saturated carbocycles. The Bertz CT molecular complexity index is 501. The summed E-state index contributed by atoms with van der Waals surface area (Å²) in [4.78, 5) is 20.0. The number of hydrogen-bond acceptors (Lipinski definition) is 4. The second-order valence-corrected chi connectivity index (χ2v) is 3.45. The maximum absolute atomic E-state index is 12.0. The molecular formula is C11H12N4O. The van der Waals surface area contributed by atoms with E-state index in [0.717, 1.165) is 5.56 Å². The average molecular weight is 216 g/mol. The molecule has 2 heterocycles. The van der Waals surface area contributed by atoms with Crippen molar-refractivity contribution in [3.63, 3.8) is 0 Å². The minimum atomic E-state index is -0.195. The molecule has 5 heteroatoms. The van der Waals surface area contributed by atoms with Crippen molar-refractivity contribution in [1.82, 2.24) is 19.7 Å². The van der Waals surface area contributed by atoms with Crippen molar-refractivity contribution in [3.8, 4) is 0 Å². The molecule has 0 radical (unpaired) electrons. The SMILES string of the molecule is CCn1nccc1C(=O)c1ncc(C)cn1. The largest absolute Gasteiger partial charge is 0.283 e. The Hall–Kier alpha value is -2.04. The Morgan fingerprint density at radius 2 is 2.06 bits per heavy atom. The van der Waals surface area contributed by atoms with Crippen LogP contribution < -0.4 is 0 Å². The van der Waals surface area contributed by atoms with Gasteiger partial charge in [0.25, 0.3) is 0 Å². The Kier molecular flexibility index (Phi) is 2.76. The molecule has 0 spiro atoms. The van der Waals surface area contributed by atoms with Gasteiger partial charge in [0.05, 0.1) is 0 Å². The third-order valence-corrected chi connectivity index (χ3v) is 2.23. The van der Waals surface area contributed by atoms with Crippen LogP contribution in [-0.4, -0.2) is 25.5 Å². The zero-order chi connectivity index (χ0) is 11.5. The van der Waals surface area contributed by atoms with Gasteiger partial charge in [0, 0.05) is 25.1 Å². The summed E-state index contributed by atoms with van der Waals surface area (Å²) in [6.07, 6.45) is 4.87. The predicted molar refractivity (Wildman–Crippen MR) is 58.1 cm³/mol. The van der Waals surface area contributed by atoms with Crippen molar-refractivity contribution in [2.24, 2.45) is 0 Å². The van der Waals surface area contributed by atoms with Gasteiger partial charge in [0.1, 0.15) is 5.69 Å². The van der Waals surface area contributed by atoms with E-state index in [1.54, 1.807) is 29.3 Å². The van der Waals surface area contributed by atoms with Crippen LogP contribution in [0.4, 0.5) is 0 Å². The van der Waals surface area contributed by atoms with Crippen LogP contribution in [-0.2, 0) is 6.54 Å². The number of aryl methyl sites for hydroxylation is 2. The average Bonchev–Trinajstić information content (AvgIpc) is 2.77. The molecular weight excluding hydrogens is 204 g/mol. The molecule has 2 aromatic rings. The van der Waals surface area contributed by atoms with Gasteiger partial charge in [-0.25, -0.2) is 9.97 Å². The van der Waals surface area contributed by atoms with Crippen molar-refractivity contribution in [3.05, 3.63) is 41.7 Å². The molecule has 0 aromatic carbocycles. The summed E-state index contributed by atoms with van der Waals surface area (Å²) in [7, 11) is 0. The number of carbonyl (C=O) groups excluding carboxylic acids is 1. The fourth-order valence-electron chi connectivity index (χ4n) is 1.40. The van der Waals surface area contributed by atoms with Crippen molar-refractivity contribution in [2.45, 2.75) is 20.4 Å². The lowest BCUT2D eigenvalue weighted by Gasteiger charge is -2.02. The van der Waals surface area contributed by atoms with E-state index in [4.69, 9.17) is 0 Å². The van der Waals surface area contributed by atoms with Crippen molar-refractivity contribution >= 4 is 5.78 Å². The summed E-state index contributed by atoms with van der Waals surface area (Å²) in [6, 6.07) is 1.68. The Balaban J connectivity index is 2.35. The third-order valence-electron chi connectivity index (χ3n) is 2.23. The van der Waals surface area contributed by atoms with E-state index < -0.39 is 0 Å². The minimum absolute atomic E-state index is 0.195. The van der Waals surface area contributed by atoms with Gasteiger partial charge in [-0.1, -0.05) is 0 Å². The van der Waals surface area contributed by atoms with Crippen LogP contribution in [0.5, 0.6) is 0 Å². The van der Waals surface area contributed by atoms with E-state index in [0.29, 0.717) is 12.2 Å². The summed E-state index contributed by atoms with van der Waals surface area (Å²) in [5, 5.41) is 4.04. The quantitative estimate of drug-likeness (QED) is 0.724. The second kappa shape index (κ2) is 4.22. The van der Waals surface area contributed by atoms with Crippen molar-refractivity contribution in [1.29, 1.82) is 0 Å². The number of nitrogens with zero attached hydrogens (tertiary/aromatic N) is 4. The molecule has 5 nitrogen and oxygen atoms in total. The van der Waals surface area contributed by atoms with E-state index >= 15 is 0 Å². The van der Waals surface area contributed by atoms with Gasteiger partial charge in [0.15, 0.2) is 0 Å². The first kappa shape index (κ1) is 10.5. The molecule has 0 unspecified atom stereocenters. The number of hydrogen-bond donors (Lipinski definition) is 0. The molecule has 0 atom stereocenters. The molecule has 0 aliphatic carbocycles. The van der Waals surface area contributed by atoms with E-state index in [2.05, 4.69) is 15.1 Å². The first-order valence-corrected chi connectivity index (χ1v) is 5.07. The Morgan fingerprint density at radius 1 is 1.38 bits per heavy atom. The minimum Gasteiger partial charge on any atom is -0.283 e. The molecule has 0 amide bonds. The topological polar surface area (TPSA) is 60.7 Å².